The maximum Gasteiger partial charge on any atom is 0.348 e. The van der Waals surface area contributed by atoms with Crippen LogP contribution in [0.15, 0.2) is 0 Å². The number of halogens is 1. The Hall–Kier alpha value is -1.43. The molecule has 7 heteroatoms. The van der Waals surface area contributed by atoms with E-state index in [0.717, 1.165) is 38.5 Å². The van der Waals surface area contributed by atoms with Crippen LogP contribution in [0.25, 0.3) is 0 Å². The van der Waals surface area contributed by atoms with E-state index in [1.807, 2.05) is 0 Å². The molecule has 1 N–H and O–H groups in total. The number of nitro groups is 1. The van der Waals surface area contributed by atoms with Crippen molar-refractivity contribution in [1.82, 2.24) is 9.97 Å². The quantitative estimate of drug-likeness (QED) is 0.521. The molecule has 1 aromatic heterocycles. The Morgan fingerprint density at radius 2 is 1.85 bits per heavy atom. The van der Waals surface area contributed by atoms with Crippen molar-refractivity contribution in [2.45, 2.75) is 56.9 Å². The number of hydrogen-bond donors (Lipinski definition) is 1. The summed E-state index contributed by atoms with van der Waals surface area (Å²) >= 11 is 6.02. The van der Waals surface area contributed by atoms with Gasteiger partial charge in [-0.25, -0.2) is 9.97 Å². The first kappa shape index (κ1) is 13.5. The van der Waals surface area contributed by atoms with Gasteiger partial charge in [0.15, 0.2) is 0 Å². The van der Waals surface area contributed by atoms with Gasteiger partial charge in [0.2, 0.25) is 11.0 Å². The topological polar surface area (TPSA) is 81.0 Å². The van der Waals surface area contributed by atoms with Crippen LogP contribution in [0.4, 0.5) is 11.5 Å². The fourth-order valence-electron chi connectivity index (χ4n) is 2.67. The lowest BCUT2D eigenvalue weighted by Crippen LogP contribution is -2.14. The molecule has 20 heavy (non-hydrogen) atoms. The van der Waals surface area contributed by atoms with E-state index in [4.69, 9.17) is 11.6 Å². The maximum absolute atomic E-state index is 11.1. The minimum atomic E-state index is -0.502. The molecule has 0 aliphatic heterocycles. The highest BCUT2D eigenvalue weighted by molar-refractivity contribution is 6.31. The van der Waals surface area contributed by atoms with Crippen LogP contribution in [0, 0.1) is 10.1 Å². The number of anilines is 1. The largest absolute Gasteiger partial charge is 0.361 e. The summed E-state index contributed by atoms with van der Waals surface area (Å²) in [6.45, 7) is 0. The standard InChI is InChI=1S/C13H17ClN4O2/c14-11-10(18(19)20)13(15-9-6-7-9)17-12(16-11)8-4-2-1-3-5-8/h8-9H,1-7H2,(H,15,16,17). The van der Waals surface area contributed by atoms with E-state index in [9.17, 15) is 10.1 Å². The fraction of sp³-hybridized carbons (Fsp3) is 0.692. The van der Waals surface area contributed by atoms with Crippen LogP contribution < -0.4 is 5.32 Å². The van der Waals surface area contributed by atoms with Gasteiger partial charge in [-0.1, -0.05) is 30.9 Å². The monoisotopic (exact) mass is 296 g/mol. The summed E-state index contributed by atoms with van der Waals surface area (Å²) in [5, 5.41) is 14.2. The first-order chi connectivity index (χ1) is 9.65. The Morgan fingerprint density at radius 3 is 2.45 bits per heavy atom. The lowest BCUT2D eigenvalue weighted by atomic mass is 9.89. The molecule has 0 bridgehead atoms. The van der Waals surface area contributed by atoms with Crippen molar-refractivity contribution in [2.75, 3.05) is 5.32 Å². The Balaban J connectivity index is 1.94. The van der Waals surface area contributed by atoms with Gasteiger partial charge in [0.25, 0.3) is 0 Å². The molecule has 0 radical (unpaired) electrons. The van der Waals surface area contributed by atoms with Gasteiger partial charge in [0.05, 0.1) is 4.92 Å². The van der Waals surface area contributed by atoms with Crippen molar-refractivity contribution >= 4 is 23.1 Å². The van der Waals surface area contributed by atoms with Crippen LogP contribution in [0.3, 0.4) is 0 Å². The summed E-state index contributed by atoms with van der Waals surface area (Å²) in [5.41, 5.74) is -0.196. The van der Waals surface area contributed by atoms with Crippen LogP contribution in [-0.4, -0.2) is 20.9 Å². The summed E-state index contributed by atoms with van der Waals surface area (Å²) in [7, 11) is 0. The molecule has 2 aliphatic carbocycles. The molecule has 0 atom stereocenters. The highest BCUT2D eigenvalue weighted by atomic mass is 35.5. The summed E-state index contributed by atoms with van der Waals surface area (Å²) in [6, 6.07) is 0.291. The summed E-state index contributed by atoms with van der Waals surface area (Å²) in [6.07, 6.45) is 7.69. The van der Waals surface area contributed by atoms with E-state index in [1.165, 1.54) is 6.42 Å². The van der Waals surface area contributed by atoms with E-state index >= 15 is 0 Å². The van der Waals surface area contributed by atoms with Gasteiger partial charge in [-0.15, -0.1) is 0 Å². The van der Waals surface area contributed by atoms with Crippen molar-refractivity contribution in [1.29, 1.82) is 0 Å². The van der Waals surface area contributed by atoms with Gasteiger partial charge in [0, 0.05) is 12.0 Å². The van der Waals surface area contributed by atoms with E-state index in [-0.39, 0.29) is 22.6 Å². The number of nitrogens with zero attached hydrogens (tertiary/aromatic N) is 3. The number of nitrogens with one attached hydrogen (secondary N) is 1. The van der Waals surface area contributed by atoms with Crippen molar-refractivity contribution in [3.63, 3.8) is 0 Å². The zero-order chi connectivity index (χ0) is 14.1. The molecule has 2 saturated carbocycles. The first-order valence-electron chi connectivity index (χ1n) is 7.13. The van der Waals surface area contributed by atoms with Crippen LogP contribution in [0.1, 0.15) is 56.7 Å². The normalized spacial score (nSPS) is 19.9. The van der Waals surface area contributed by atoms with Gasteiger partial charge >= 0.3 is 5.69 Å². The van der Waals surface area contributed by atoms with Gasteiger partial charge in [-0.05, 0) is 25.7 Å². The van der Waals surface area contributed by atoms with Crippen LogP contribution in [0.2, 0.25) is 5.15 Å². The third kappa shape index (κ3) is 2.85. The first-order valence-corrected chi connectivity index (χ1v) is 7.51. The number of hydrogen-bond acceptors (Lipinski definition) is 5. The second kappa shape index (κ2) is 5.52. The molecule has 0 spiro atoms. The van der Waals surface area contributed by atoms with Gasteiger partial charge < -0.3 is 5.32 Å². The van der Waals surface area contributed by atoms with E-state index in [0.29, 0.717) is 11.9 Å². The number of rotatable bonds is 4. The van der Waals surface area contributed by atoms with Gasteiger partial charge in [-0.3, -0.25) is 10.1 Å². The zero-order valence-corrected chi connectivity index (χ0v) is 11.9. The van der Waals surface area contributed by atoms with Gasteiger partial charge in [-0.2, -0.15) is 0 Å². The Morgan fingerprint density at radius 1 is 1.15 bits per heavy atom. The zero-order valence-electron chi connectivity index (χ0n) is 11.1. The van der Waals surface area contributed by atoms with Crippen molar-refractivity contribution < 1.29 is 4.92 Å². The predicted octanol–water partition coefficient (Wildman–Crippen LogP) is 3.66. The highest BCUT2D eigenvalue weighted by Crippen LogP contribution is 2.37. The third-order valence-electron chi connectivity index (χ3n) is 3.93. The minimum absolute atomic E-state index is 0.0475. The summed E-state index contributed by atoms with van der Waals surface area (Å²) in [5.74, 6) is 1.23. The number of aromatic nitrogens is 2. The van der Waals surface area contributed by atoms with Crippen LogP contribution in [-0.2, 0) is 0 Å². The molecule has 1 aromatic rings. The lowest BCUT2D eigenvalue weighted by Gasteiger charge is -2.20. The molecule has 1 heterocycles. The summed E-state index contributed by atoms with van der Waals surface area (Å²) in [4.78, 5) is 19.2. The molecule has 2 aliphatic rings. The molecule has 3 rings (SSSR count). The second-order valence-corrected chi connectivity index (χ2v) is 5.94. The van der Waals surface area contributed by atoms with Crippen LogP contribution in [0.5, 0.6) is 0 Å². The molecule has 0 amide bonds. The molecule has 108 valence electrons. The van der Waals surface area contributed by atoms with E-state index in [1.54, 1.807) is 0 Å². The lowest BCUT2D eigenvalue weighted by molar-refractivity contribution is -0.384. The van der Waals surface area contributed by atoms with Gasteiger partial charge in [0.1, 0.15) is 5.82 Å². The molecule has 2 fully saturated rings. The fourth-order valence-corrected chi connectivity index (χ4v) is 2.92. The Labute approximate surface area is 122 Å². The Kier molecular flexibility index (Phi) is 3.74. The predicted molar refractivity (Wildman–Crippen MR) is 76.2 cm³/mol. The smallest absolute Gasteiger partial charge is 0.348 e. The Bertz CT molecular complexity index is 527. The molecular weight excluding hydrogens is 280 g/mol. The molecule has 0 saturated heterocycles. The molecule has 6 nitrogen and oxygen atoms in total. The van der Waals surface area contributed by atoms with Crippen LogP contribution >= 0.6 is 11.6 Å². The summed E-state index contributed by atoms with van der Waals surface area (Å²) < 4.78 is 0. The molecular formula is C13H17ClN4O2. The van der Waals surface area contributed by atoms with Crippen molar-refractivity contribution in [3.05, 3.63) is 21.1 Å². The minimum Gasteiger partial charge on any atom is -0.361 e. The molecule has 0 unspecified atom stereocenters. The average molecular weight is 297 g/mol. The second-order valence-electron chi connectivity index (χ2n) is 5.58. The highest BCUT2D eigenvalue weighted by Gasteiger charge is 2.31. The van der Waals surface area contributed by atoms with E-state index in [2.05, 4.69) is 15.3 Å². The molecule has 0 aromatic carbocycles. The SMILES string of the molecule is O=[N+]([O-])c1c(Cl)nc(C2CCCCC2)nc1NC1CC1. The maximum atomic E-state index is 11.1. The van der Waals surface area contributed by atoms with Crippen molar-refractivity contribution in [2.24, 2.45) is 0 Å². The average Bonchev–Trinajstić information content (AvgIpc) is 3.22. The van der Waals surface area contributed by atoms with E-state index < -0.39 is 4.92 Å². The third-order valence-corrected chi connectivity index (χ3v) is 4.19. The van der Waals surface area contributed by atoms with Crippen molar-refractivity contribution in [3.8, 4) is 0 Å².